The maximum Gasteiger partial charge on any atom is -0.0538 e. The van der Waals surface area contributed by atoms with Crippen LogP contribution in [0.4, 0.5) is 0 Å². The molecule has 0 saturated carbocycles. The van der Waals surface area contributed by atoms with Gasteiger partial charge in [0.1, 0.15) is 0 Å². The summed E-state index contributed by atoms with van der Waals surface area (Å²) in [6, 6.07) is 0. The van der Waals surface area contributed by atoms with E-state index in [-0.39, 0.29) is 22.3 Å². The molecule has 0 aliphatic heterocycles. The van der Waals surface area contributed by atoms with E-state index in [1.165, 1.54) is 38.5 Å². The van der Waals surface area contributed by atoms with Crippen molar-refractivity contribution in [2.45, 2.75) is 102 Å². The number of rotatable bonds is 4. The van der Waals surface area contributed by atoms with E-state index in [4.69, 9.17) is 0 Å². The Morgan fingerprint density at radius 1 is 0.467 bits per heavy atom. The van der Waals surface area contributed by atoms with Gasteiger partial charge in [0.2, 0.25) is 0 Å². The Kier molecular flexibility index (Phi) is 159. The first-order valence-corrected chi connectivity index (χ1v) is 5.83. The summed E-state index contributed by atoms with van der Waals surface area (Å²) < 4.78 is 0. The van der Waals surface area contributed by atoms with Crippen molar-refractivity contribution in [3.05, 3.63) is 0 Å². The van der Waals surface area contributed by atoms with Crippen LogP contribution in [0.2, 0.25) is 0 Å². The fourth-order valence-corrected chi connectivity index (χ4v) is 0.707. The molecule has 0 aliphatic rings. The van der Waals surface area contributed by atoms with E-state index in [1.807, 2.05) is 13.8 Å². The molecule has 0 unspecified atom stereocenters. The van der Waals surface area contributed by atoms with Gasteiger partial charge in [-0.15, -0.1) is 0 Å². The molecule has 0 aromatic carbocycles. The van der Waals surface area contributed by atoms with Gasteiger partial charge in [0, 0.05) is 0 Å². The average molecular weight is 223 g/mol. The normalized spacial score (nSPS) is 6.00. The molecule has 102 valence electrons. The van der Waals surface area contributed by atoms with Crippen LogP contribution in [0.15, 0.2) is 0 Å². The molecule has 0 spiro atoms. The molecular formula is C15H42. The van der Waals surface area contributed by atoms with Gasteiger partial charge in [-0.25, -0.2) is 0 Å². The molecule has 0 heteroatoms. The number of hydrogen-bond acceptors (Lipinski definition) is 0. The summed E-state index contributed by atoms with van der Waals surface area (Å²) in [5, 5.41) is 0. The number of unbranched alkanes of at least 4 members (excludes halogenated alkanes) is 4. The molecule has 0 aromatic heterocycles. The fraction of sp³-hybridized carbons (Fsp3) is 1.00. The maximum absolute atomic E-state index is 2.21. The summed E-state index contributed by atoms with van der Waals surface area (Å²) >= 11 is 0. The topological polar surface area (TPSA) is 0 Å². The van der Waals surface area contributed by atoms with Crippen LogP contribution in [-0.2, 0) is 0 Å². The van der Waals surface area contributed by atoms with Gasteiger partial charge in [0.15, 0.2) is 0 Å². The van der Waals surface area contributed by atoms with Crippen molar-refractivity contribution in [2.75, 3.05) is 0 Å². The van der Waals surface area contributed by atoms with Crippen molar-refractivity contribution in [3.63, 3.8) is 0 Å². The molecule has 0 N–H and O–H groups in total. The van der Waals surface area contributed by atoms with Crippen molar-refractivity contribution in [1.82, 2.24) is 0 Å². The van der Waals surface area contributed by atoms with Gasteiger partial charge in [-0.1, -0.05) is 102 Å². The highest BCUT2D eigenvalue weighted by Gasteiger charge is 1.68. The second kappa shape index (κ2) is 65.7. The van der Waals surface area contributed by atoms with E-state index < -0.39 is 0 Å². The molecular weight excluding hydrogens is 180 g/mol. The molecule has 0 nitrogen and oxygen atoms in total. The summed E-state index contributed by atoms with van der Waals surface area (Å²) in [4.78, 5) is 0. The van der Waals surface area contributed by atoms with E-state index in [0.29, 0.717) is 0 Å². The summed E-state index contributed by atoms with van der Waals surface area (Å²) in [7, 11) is 0. The highest BCUT2D eigenvalue weighted by Crippen LogP contribution is 1.88. The highest BCUT2D eigenvalue weighted by molar-refractivity contribution is 4.24. The van der Waals surface area contributed by atoms with Crippen molar-refractivity contribution in [2.24, 2.45) is 0 Å². The Labute approximate surface area is 103 Å². The third-order valence-corrected chi connectivity index (χ3v) is 1.41. The van der Waals surface area contributed by atoms with Crippen LogP contribution in [0, 0.1) is 0 Å². The lowest BCUT2D eigenvalue weighted by Gasteiger charge is -1.79. The Morgan fingerprint density at radius 2 is 0.600 bits per heavy atom. The van der Waals surface area contributed by atoms with Crippen molar-refractivity contribution >= 4 is 0 Å². The Hall–Kier alpha value is 0. The lowest BCUT2D eigenvalue weighted by Crippen LogP contribution is -1.59. The quantitative estimate of drug-likeness (QED) is 0.467. The second-order valence-electron chi connectivity index (χ2n) is 2.71. The first kappa shape index (κ1) is 36.3. The minimum absolute atomic E-state index is 0. The summed E-state index contributed by atoms with van der Waals surface area (Å²) in [5.74, 6) is 0. The van der Waals surface area contributed by atoms with E-state index in [0.717, 1.165) is 0 Å². The van der Waals surface area contributed by atoms with E-state index in [9.17, 15) is 0 Å². The molecule has 15 heavy (non-hydrogen) atoms. The molecule has 0 saturated heterocycles. The minimum atomic E-state index is 0. The van der Waals surface area contributed by atoms with Gasteiger partial charge in [0.05, 0.1) is 0 Å². The summed E-state index contributed by atoms with van der Waals surface area (Å²) in [5.41, 5.74) is 0. The van der Waals surface area contributed by atoms with Crippen molar-refractivity contribution in [3.8, 4) is 0 Å². The van der Waals surface area contributed by atoms with Gasteiger partial charge >= 0.3 is 0 Å². The van der Waals surface area contributed by atoms with E-state index in [1.54, 1.807) is 0 Å². The molecule has 0 aromatic rings. The van der Waals surface area contributed by atoms with Crippen LogP contribution in [0.5, 0.6) is 0 Å². The van der Waals surface area contributed by atoms with Gasteiger partial charge < -0.3 is 0 Å². The van der Waals surface area contributed by atoms with Crippen LogP contribution in [0.3, 0.4) is 0 Å². The molecule has 0 fully saturated rings. The lowest BCUT2D eigenvalue weighted by atomic mass is 10.3. The molecule has 0 bridgehead atoms. The van der Waals surface area contributed by atoms with Crippen molar-refractivity contribution < 1.29 is 0 Å². The Balaban J connectivity index is -0.0000000197. The zero-order chi connectivity index (χ0) is 10.2. The second-order valence-corrected chi connectivity index (χ2v) is 2.71. The number of hydrogen-bond donors (Lipinski definition) is 0. The summed E-state index contributed by atoms with van der Waals surface area (Å²) in [6.45, 7) is 12.8. The van der Waals surface area contributed by atoms with E-state index in [2.05, 4.69) is 27.7 Å². The molecule has 0 aliphatic carbocycles. The van der Waals surface area contributed by atoms with E-state index >= 15 is 0 Å². The highest BCUT2D eigenvalue weighted by atomic mass is 13.7. The molecule has 0 radical (unpaired) electrons. The predicted molar refractivity (Wildman–Crippen MR) is 81.9 cm³/mol. The smallest absolute Gasteiger partial charge is 0.0538 e. The van der Waals surface area contributed by atoms with Gasteiger partial charge in [-0.2, -0.15) is 0 Å². The zero-order valence-electron chi connectivity index (χ0n) is 10.2. The first-order valence-electron chi connectivity index (χ1n) is 5.83. The largest absolute Gasteiger partial charge is 0.0776 e. The minimum Gasteiger partial charge on any atom is -0.0776 e. The summed E-state index contributed by atoms with van der Waals surface area (Å²) in [6.07, 6.45) is 8.15. The monoisotopic (exact) mass is 222 g/mol. The zero-order valence-corrected chi connectivity index (χ0v) is 10.2. The van der Waals surface area contributed by atoms with Crippen LogP contribution in [0.1, 0.15) is 102 Å². The molecule has 0 atom stereocenters. The molecule has 0 heterocycles. The van der Waals surface area contributed by atoms with Gasteiger partial charge in [0.25, 0.3) is 0 Å². The van der Waals surface area contributed by atoms with Gasteiger partial charge in [-0.3, -0.25) is 0 Å². The third-order valence-electron chi connectivity index (χ3n) is 1.41. The SMILES string of the molecule is C.C.C.CC.CCCCC.CCCCC. The Bertz CT molecular complexity index is 21.0. The third kappa shape index (κ3) is 126. The Morgan fingerprint density at radius 3 is 0.600 bits per heavy atom. The average Bonchev–Trinajstić information content (AvgIpc) is 2.12. The lowest BCUT2D eigenvalue weighted by molar-refractivity contribution is 0.772. The predicted octanol–water partition coefficient (Wildman–Crippen LogP) is 7.33. The van der Waals surface area contributed by atoms with Crippen LogP contribution >= 0.6 is 0 Å². The molecule has 0 rings (SSSR count). The standard InChI is InChI=1S/2C5H12.C2H6.3CH4/c2*1-3-5-4-2;1-2;;;/h2*3-5H2,1-2H3;1-2H3;3*1H4. The van der Waals surface area contributed by atoms with Crippen LogP contribution in [0.25, 0.3) is 0 Å². The molecule has 0 amide bonds. The van der Waals surface area contributed by atoms with Gasteiger partial charge in [-0.05, 0) is 0 Å². The van der Waals surface area contributed by atoms with Crippen LogP contribution in [-0.4, -0.2) is 0 Å². The fourth-order valence-electron chi connectivity index (χ4n) is 0.707. The van der Waals surface area contributed by atoms with Crippen LogP contribution < -0.4 is 0 Å². The van der Waals surface area contributed by atoms with Crippen molar-refractivity contribution in [1.29, 1.82) is 0 Å². The first-order chi connectivity index (χ1) is 5.83. The maximum atomic E-state index is 2.21.